The number of nitrogens with zero attached hydrogens (tertiary/aromatic N) is 6. The largest absolute Gasteiger partial charge is 0.368 e. The second-order valence-electron chi connectivity index (χ2n) is 6.70. The number of aromatic nitrogens is 6. The van der Waals surface area contributed by atoms with Crippen molar-refractivity contribution in [1.82, 2.24) is 29.8 Å². The summed E-state index contributed by atoms with van der Waals surface area (Å²) in [4.78, 5) is 12.8. The molecular formula is C20H21N9S. The molecule has 0 aliphatic heterocycles. The van der Waals surface area contributed by atoms with Crippen LogP contribution in [-0.4, -0.2) is 29.8 Å². The van der Waals surface area contributed by atoms with Crippen molar-refractivity contribution in [3.63, 3.8) is 0 Å². The quantitative estimate of drug-likeness (QED) is 0.318. The molecule has 4 rings (SSSR count). The fraction of sp³-hybridized carbons (Fsp3) is 0.150. The van der Waals surface area contributed by atoms with Crippen LogP contribution in [0.25, 0.3) is 11.4 Å². The van der Waals surface area contributed by atoms with E-state index in [9.17, 15) is 0 Å². The second-order valence-corrected chi connectivity index (χ2v) is 7.65. The van der Waals surface area contributed by atoms with E-state index < -0.39 is 0 Å². The van der Waals surface area contributed by atoms with Gasteiger partial charge in [0.2, 0.25) is 17.1 Å². The van der Waals surface area contributed by atoms with Crippen LogP contribution in [0.3, 0.4) is 0 Å². The van der Waals surface area contributed by atoms with Crippen LogP contribution >= 0.6 is 11.8 Å². The third kappa shape index (κ3) is 4.33. The van der Waals surface area contributed by atoms with Gasteiger partial charge in [-0.15, -0.1) is 10.2 Å². The maximum absolute atomic E-state index is 6.20. The number of nitrogen functional groups attached to an aromatic ring is 2. The molecule has 0 aliphatic carbocycles. The fourth-order valence-corrected chi connectivity index (χ4v) is 3.51. The first-order chi connectivity index (χ1) is 14.5. The third-order valence-corrected chi connectivity index (χ3v) is 5.33. The highest BCUT2D eigenvalue weighted by Crippen LogP contribution is 2.24. The van der Waals surface area contributed by atoms with Gasteiger partial charge in [0.05, 0.1) is 5.75 Å². The van der Waals surface area contributed by atoms with Gasteiger partial charge in [-0.3, -0.25) is 0 Å². The third-order valence-electron chi connectivity index (χ3n) is 4.40. The molecule has 0 spiro atoms. The molecule has 0 saturated carbocycles. The van der Waals surface area contributed by atoms with E-state index in [2.05, 4.69) is 30.5 Å². The molecule has 4 aromatic rings. The van der Waals surface area contributed by atoms with Gasteiger partial charge >= 0.3 is 0 Å². The molecule has 0 atom stereocenters. The Morgan fingerprint density at radius 3 is 2.50 bits per heavy atom. The minimum Gasteiger partial charge on any atom is -0.368 e. The summed E-state index contributed by atoms with van der Waals surface area (Å²) in [7, 11) is 0. The maximum atomic E-state index is 6.20. The molecule has 2 aromatic heterocycles. The van der Waals surface area contributed by atoms with E-state index in [4.69, 9.17) is 11.6 Å². The van der Waals surface area contributed by atoms with Crippen LogP contribution in [0.4, 0.5) is 17.6 Å². The highest BCUT2D eigenvalue weighted by atomic mass is 32.2. The summed E-state index contributed by atoms with van der Waals surface area (Å²) in [5.74, 6) is 8.26. The van der Waals surface area contributed by atoms with Crippen LogP contribution < -0.4 is 16.9 Å². The van der Waals surface area contributed by atoms with E-state index in [1.54, 1.807) is 0 Å². The lowest BCUT2D eigenvalue weighted by Crippen LogP contribution is -2.12. The van der Waals surface area contributed by atoms with E-state index in [1.165, 1.54) is 22.0 Å². The van der Waals surface area contributed by atoms with Crippen LogP contribution in [0.5, 0.6) is 0 Å². The Bertz CT molecular complexity index is 1170. The number of rotatable bonds is 6. The first-order valence-corrected chi connectivity index (χ1v) is 10.2. The van der Waals surface area contributed by atoms with Crippen LogP contribution in [0.2, 0.25) is 0 Å². The smallest absolute Gasteiger partial charge is 0.232 e. The molecule has 0 fully saturated rings. The molecule has 5 N–H and O–H groups in total. The van der Waals surface area contributed by atoms with Crippen molar-refractivity contribution >= 4 is 29.3 Å². The van der Waals surface area contributed by atoms with Gasteiger partial charge in [-0.2, -0.15) is 15.0 Å². The summed E-state index contributed by atoms with van der Waals surface area (Å²) in [6.07, 6.45) is 0. The Labute approximate surface area is 178 Å². The molecule has 9 nitrogen and oxygen atoms in total. The van der Waals surface area contributed by atoms with Crippen molar-refractivity contribution in [1.29, 1.82) is 0 Å². The van der Waals surface area contributed by atoms with E-state index in [0.29, 0.717) is 28.5 Å². The van der Waals surface area contributed by atoms with E-state index in [1.807, 2.05) is 62.4 Å². The highest BCUT2D eigenvalue weighted by Gasteiger charge is 2.14. The van der Waals surface area contributed by atoms with Gasteiger partial charge in [0.15, 0.2) is 5.82 Å². The average molecular weight is 420 g/mol. The minimum atomic E-state index is 0.145. The van der Waals surface area contributed by atoms with Gasteiger partial charge in [-0.1, -0.05) is 59.8 Å². The lowest BCUT2D eigenvalue weighted by atomic mass is 10.1. The van der Waals surface area contributed by atoms with Crippen molar-refractivity contribution < 1.29 is 0 Å². The van der Waals surface area contributed by atoms with Gasteiger partial charge in [0.25, 0.3) is 0 Å². The van der Waals surface area contributed by atoms with Gasteiger partial charge in [0.1, 0.15) is 5.82 Å². The number of hydrogen-bond acceptors (Lipinski definition) is 9. The molecule has 0 radical (unpaired) electrons. The summed E-state index contributed by atoms with van der Waals surface area (Å²) in [6.45, 7) is 4.03. The van der Waals surface area contributed by atoms with Gasteiger partial charge < -0.3 is 16.9 Å². The number of aryl methyl sites for hydroxylation is 2. The first kappa shape index (κ1) is 19.6. The predicted molar refractivity (Wildman–Crippen MR) is 119 cm³/mol. The minimum absolute atomic E-state index is 0.145. The lowest BCUT2D eigenvalue weighted by Gasteiger charge is -2.09. The lowest BCUT2D eigenvalue weighted by molar-refractivity contribution is 0.847. The zero-order chi connectivity index (χ0) is 21.1. The van der Waals surface area contributed by atoms with E-state index >= 15 is 0 Å². The molecule has 10 heteroatoms. The zero-order valence-electron chi connectivity index (χ0n) is 16.6. The Morgan fingerprint density at radius 2 is 1.73 bits per heavy atom. The summed E-state index contributed by atoms with van der Waals surface area (Å²) in [5, 5.41) is 12.1. The van der Waals surface area contributed by atoms with Crippen LogP contribution in [-0.2, 0) is 5.75 Å². The standard InChI is InChI=1S/C20H21N9S/c1-12-7-9-14(10-8-12)17-27-28-20(29(17)22)30-11-16-24-18(21)26-19(25-16)23-15-6-4-3-5-13(15)2/h3-10H,11,22H2,1-2H3,(H3,21,23,24,25,26). The molecule has 0 amide bonds. The molecule has 152 valence electrons. The van der Waals surface area contributed by atoms with Crippen LogP contribution in [0.15, 0.2) is 53.7 Å². The number of hydrogen-bond donors (Lipinski definition) is 3. The Morgan fingerprint density at radius 1 is 0.967 bits per heavy atom. The van der Waals surface area contributed by atoms with Crippen LogP contribution in [0.1, 0.15) is 17.0 Å². The molecule has 2 aromatic carbocycles. The molecule has 0 bridgehead atoms. The molecule has 0 unspecified atom stereocenters. The van der Waals surface area contributed by atoms with E-state index in [-0.39, 0.29) is 5.95 Å². The predicted octanol–water partition coefficient (Wildman–Crippen LogP) is 3.08. The summed E-state index contributed by atoms with van der Waals surface area (Å²) < 4.78 is 1.46. The normalized spacial score (nSPS) is 10.9. The van der Waals surface area contributed by atoms with Gasteiger partial charge in [-0.05, 0) is 25.5 Å². The average Bonchev–Trinajstić information content (AvgIpc) is 3.09. The molecule has 30 heavy (non-hydrogen) atoms. The number of nitrogens with two attached hydrogens (primary N) is 2. The topological polar surface area (TPSA) is 133 Å². The molecular weight excluding hydrogens is 398 g/mol. The number of para-hydroxylation sites is 1. The first-order valence-electron chi connectivity index (χ1n) is 9.23. The zero-order valence-corrected chi connectivity index (χ0v) is 17.4. The van der Waals surface area contributed by atoms with Gasteiger partial charge in [-0.25, -0.2) is 4.68 Å². The number of anilines is 3. The molecule has 0 saturated heterocycles. The number of benzene rings is 2. The Hall–Kier alpha value is -3.66. The molecule has 0 aliphatic rings. The maximum Gasteiger partial charge on any atom is 0.232 e. The van der Waals surface area contributed by atoms with Crippen molar-refractivity contribution in [3.05, 3.63) is 65.5 Å². The van der Waals surface area contributed by atoms with Crippen molar-refractivity contribution in [3.8, 4) is 11.4 Å². The Balaban J connectivity index is 1.50. The summed E-state index contributed by atoms with van der Waals surface area (Å²) in [6, 6.07) is 15.8. The van der Waals surface area contributed by atoms with E-state index in [0.717, 1.165) is 16.8 Å². The van der Waals surface area contributed by atoms with Crippen molar-refractivity contribution in [2.75, 3.05) is 16.9 Å². The summed E-state index contributed by atoms with van der Waals surface area (Å²) in [5.41, 5.74) is 9.92. The Kier molecular flexibility index (Phi) is 5.48. The monoisotopic (exact) mass is 419 g/mol. The van der Waals surface area contributed by atoms with Gasteiger partial charge in [0, 0.05) is 11.3 Å². The summed E-state index contributed by atoms with van der Waals surface area (Å²) >= 11 is 1.37. The van der Waals surface area contributed by atoms with Crippen LogP contribution in [0, 0.1) is 13.8 Å². The van der Waals surface area contributed by atoms with Crippen molar-refractivity contribution in [2.24, 2.45) is 0 Å². The molecule has 2 heterocycles. The highest BCUT2D eigenvalue weighted by molar-refractivity contribution is 7.98. The second kappa shape index (κ2) is 8.37. The number of thioether (sulfide) groups is 1. The number of nitrogens with one attached hydrogen (secondary N) is 1. The SMILES string of the molecule is Cc1ccc(-c2nnc(SCc3nc(N)nc(Nc4ccccc4C)n3)n2N)cc1. The van der Waals surface area contributed by atoms with Crippen molar-refractivity contribution in [2.45, 2.75) is 24.8 Å². The fourth-order valence-electron chi connectivity index (χ4n) is 2.80.